The third-order valence-electron chi connectivity index (χ3n) is 7.18. The topological polar surface area (TPSA) is 92.9 Å². The van der Waals surface area contributed by atoms with E-state index in [1.165, 1.54) is 12.8 Å². The van der Waals surface area contributed by atoms with Gasteiger partial charge in [-0.05, 0) is 57.8 Å². The highest BCUT2D eigenvalue weighted by atomic mass is 16.5. The van der Waals surface area contributed by atoms with Gasteiger partial charge in [-0.1, -0.05) is 47.6 Å². The van der Waals surface area contributed by atoms with Gasteiger partial charge in [-0.3, -0.25) is 14.6 Å². The van der Waals surface area contributed by atoms with Gasteiger partial charge in [-0.2, -0.15) is 10.2 Å². The molecule has 1 aliphatic heterocycles. The third-order valence-corrected chi connectivity index (χ3v) is 7.18. The molecular weight excluding hydrogens is 480 g/mol. The summed E-state index contributed by atoms with van der Waals surface area (Å²) in [4.78, 5) is 29.8. The fraction of sp³-hybridized carbons (Fsp3) is 0.767. The average Bonchev–Trinajstić information content (AvgIpc) is 3.64. The maximum atomic E-state index is 12.4. The molecule has 1 saturated carbocycles. The first-order chi connectivity index (χ1) is 17.7. The van der Waals surface area contributed by atoms with Crippen LogP contribution in [0.5, 0.6) is 0 Å². The number of amides is 1. The summed E-state index contributed by atoms with van der Waals surface area (Å²) >= 11 is 0. The molecule has 0 aromatic rings. The van der Waals surface area contributed by atoms with Crippen LogP contribution in [-0.4, -0.2) is 63.4 Å². The van der Waals surface area contributed by atoms with Gasteiger partial charge in [0.05, 0.1) is 31.5 Å². The second-order valence-electron chi connectivity index (χ2n) is 11.2. The Morgan fingerprint density at radius 2 is 1.68 bits per heavy atom. The predicted molar refractivity (Wildman–Crippen MR) is 156 cm³/mol. The summed E-state index contributed by atoms with van der Waals surface area (Å²) in [6.07, 6.45) is 6.33. The number of likely N-dealkylation sites (tertiary alicyclic amines) is 1. The summed E-state index contributed by atoms with van der Waals surface area (Å²) in [5.41, 5.74) is 2.13. The van der Waals surface area contributed by atoms with Crippen molar-refractivity contribution in [1.29, 1.82) is 0 Å². The summed E-state index contributed by atoms with van der Waals surface area (Å²) in [5.74, 6) is 2.87. The van der Waals surface area contributed by atoms with Crippen molar-refractivity contribution in [2.75, 3.05) is 34.9 Å². The zero-order valence-electron chi connectivity index (χ0n) is 26.3. The minimum atomic E-state index is -0.192. The van der Waals surface area contributed by atoms with Crippen LogP contribution in [-0.2, 0) is 19.1 Å². The molecule has 0 spiro atoms. The Bertz CT molecular complexity index is 872. The van der Waals surface area contributed by atoms with Crippen LogP contribution in [0.1, 0.15) is 88.0 Å². The number of rotatable bonds is 7. The van der Waals surface area contributed by atoms with Gasteiger partial charge in [0.15, 0.2) is 5.78 Å². The molecule has 0 bridgehead atoms. The number of hydrogen-bond acceptors (Lipinski definition) is 7. The number of aliphatic imine (C=N–C) groups is 1. The standard InChI is InChI=1S/C14H25NO2.C9H17NO2.C7H12N2/c1-9-7-12(11(3)16)15(8-9)13(17)10(2)14(4,5)6;1-6-8(7(2)11-4)9(10-3)12-5;1-3-7(9-8-2)6-4-5-6/h9-10,12H,7-8H2,1-6H3;6H2,1-5H3;3,6H,4-5H2,1-2H3/b;8-7+,10-9?;7-3-,9-8?/t9?,10-,12+;;/m1../s1. The van der Waals surface area contributed by atoms with Crippen LogP contribution >= 0.6 is 0 Å². The van der Waals surface area contributed by atoms with E-state index < -0.39 is 0 Å². The molecule has 38 heavy (non-hydrogen) atoms. The van der Waals surface area contributed by atoms with E-state index in [0.29, 0.717) is 11.8 Å². The summed E-state index contributed by atoms with van der Waals surface area (Å²) in [5, 5.41) is 7.72. The number of hydrogen-bond donors (Lipinski definition) is 0. The number of nitrogens with zero attached hydrogens (tertiary/aromatic N) is 4. The predicted octanol–water partition coefficient (Wildman–Crippen LogP) is 6.87. The molecule has 0 aromatic carbocycles. The zero-order valence-corrected chi connectivity index (χ0v) is 26.3. The first-order valence-corrected chi connectivity index (χ1v) is 13.7. The van der Waals surface area contributed by atoms with E-state index in [0.717, 1.165) is 42.3 Å². The number of methoxy groups -OCH3 is 2. The van der Waals surface area contributed by atoms with Gasteiger partial charge in [0.25, 0.3) is 0 Å². The second-order valence-corrected chi connectivity index (χ2v) is 11.2. The van der Waals surface area contributed by atoms with Crippen molar-refractivity contribution >= 4 is 17.6 Å². The number of azo groups is 1. The molecule has 8 heteroatoms. The van der Waals surface area contributed by atoms with E-state index in [-0.39, 0.29) is 29.1 Å². The van der Waals surface area contributed by atoms with E-state index in [9.17, 15) is 9.59 Å². The molecule has 1 saturated heterocycles. The summed E-state index contributed by atoms with van der Waals surface area (Å²) < 4.78 is 10.2. The molecular formula is C30H54N4O4. The smallest absolute Gasteiger partial charge is 0.226 e. The number of ether oxygens (including phenoxy) is 2. The van der Waals surface area contributed by atoms with Crippen LogP contribution in [0.2, 0.25) is 0 Å². The number of ketones is 1. The fourth-order valence-electron chi connectivity index (χ4n) is 4.19. The van der Waals surface area contributed by atoms with Crippen LogP contribution in [0.4, 0.5) is 0 Å². The van der Waals surface area contributed by atoms with E-state index in [2.05, 4.69) is 42.9 Å². The highest BCUT2D eigenvalue weighted by Crippen LogP contribution is 2.37. The molecule has 0 aromatic heterocycles. The van der Waals surface area contributed by atoms with E-state index in [1.54, 1.807) is 40.1 Å². The lowest BCUT2D eigenvalue weighted by atomic mass is 9.81. The lowest BCUT2D eigenvalue weighted by molar-refractivity contribution is -0.142. The van der Waals surface area contributed by atoms with Gasteiger partial charge in [-0.15, -0.1) is 0 Å². The molecule has 2 aliphatic rings. The maximum absolute atomic E-state index is 12.4. The first-order valence-electron chi connectivity index (χ1n) is 13.7. The molecule has 1 unspecified atom stereocenters. The van der Waals surface area contributed by atoms with E-state index in [1.807, 2.05) is 33.8 Å². The quantitative estimate of drug-likeness (QED) is 0.154. The highest BCUT2D eigenvalue weighted by molar-refractivity contribution is 5.93. The summed E-state index contributed by atoms with van der Waals surface area (Å²) in [6.45, 7) is 18.5. The maximum Gasteiger partial charge on any atom is 0.226 e. The Balaban J connectivity index is 0.000000571. The Morgan fingerprint density at radius 3 is 2.03 bits per heavy atom. The summed E-state index contributed by atoms with van der Waals surface area (Å²) in [6, 6.07) is -0.192. The van der Waals surface area contributed by atoms with Crippen molar-refractivity contribution in [1.82, 2.24) is 4.90 Å². The molecule has 1 heterocycles. The number of Topliss-reactive ketones (excluding diaryl/α,β-unsaturated/α-hetero) is 1. The van der Waals surface area contributed by atoms with Gasteiger partial charge < -0.3 is 14.4 Å². The van der Waals surface area contributed by atoms with Crippen LogP contribution in [0.15, 0.2) is 38.3 Å². The fourth-order valence-corrected chi connectivity index (χ4v) is 4.19. The van der Waals surface area contributed by atoms with E-state index in [4.69, 9.17) is 9.47 Å². The van der Waals surface area contributed by atoms with Crippen LogP contribution < -0.4 is 0 Å². The van der Waals surface area contributed by atoms with Gasteiger partial charge >= 0.3 is 0 Å². The Hall–Kier alpha value is -2.51. The lowest BCUT2D eigenvalue weighted by Crippen LogP contribution is -2.45. The van der Waals surface area contributed by atoms with Gasteiger partial charge in [0.2, 0.25) is 11.8 Å². The van der Waals surface area contributed by atoms with Crippen molar-refractivity contribution in [3.05, 3.63) is 23.1 Å². The van der Waals surface area contributed by atoms with Crippen molar-refractivity contribution in [2.24, 2.45) is 38.4 Å². The Morgan fingerprint density at radius 1 is 1.11 bits per heavy atom. The highest BCUT2D eigenvalue weighted by Gasteiger charge is 2.40. The second kappa shape index (κ2) is 17.2. The number of carbonyl (C=O) groups is 2. The number of allylic oxidation sites excluding steroid dienone is 3. The monoisotopic (exact) mass is 534 g/mol. The number of carbonyl (C=O) groups excluding carboxylic acids is 2. The van der Waals surface area contributed by atoms with Crippen molar-refractivity contribution < 1.29 is 19.1 Å². The van der Waals surface area contributed by atoms with Gasteiger partial charge in [0.1, 0.15) is 5.76 Å². The van der Waals surface area contributed by atoms with Gasteiger partial charge in [-0.25, -0.2) is 0 Å². The van der Waals surface area contributed by atoms with E-state index >= 15 is 0 Å². The van der Waals surface area contributed by atoms with Crippen LogP contribution in [0.25, 0.3) is 0 Å². The minimum Gasteiger partial charge on any atom is -0.501 e. The van der Waals surface area contributed by atoms with Gasteiger partial charge in [0, 0.05) is 32.5 Å². The molecule has 1 aliphatic carbocycles. The van der Waals surface area contributed by atoms with Crippen LogP contribution in [0, 0.1) is 23.2 Å². The normalized spacial score (nSPS) is 21.6. The molecule has 2 rings (SSSR count). The molecule has 0 radical (unpaired) electrons. The molecule has 2 fully saturated rings. The SMILES string of the molecule is C/C=C(\N=NC)C1CC1.CC(=O)[C@@H]1CC(C)CN1C(=O)[C@@H](C)C(C)(C)C.CC/C(C(=NC)OC)=C(/C)OC. The zero-order chi connectivity index (χ0) is 29.6. The van der Waals surface area contributed by atoms with Crippen LogP contribution in [0.3, 0.4) is 0 Å². The molecule has 218 valence electrons. The molecule has 0 N–H and O–H groups in total. The largest absolute Gasteiger partial charge is 0.501 e. The average molecular weight is 535 g/mol. The van der Waals surface area contributed by atoms with Crippen molar-refractivity contribution in [3.8, 4) is 0 Å². The molecule has 8 nitrogen and oxygen atoms in total. The Labute approximate surface area is 232 Å². The van der Waals surface area contributed by atoms with Crippen molar-refractivity contribution in [2.45, 2.75) is 94.0 Å². The lowest BCUT2D eigenvalue weighted by Gasteiger charge is -2.32. The molecule has 1 amide bonds. The minimum absolute atomic E-state index is 0.0466. The summed E-state index contributed by atoms with van der Waals surface area (Å²) in [7, 11) is 6.68. The Kier molecular flexibility index (Phi) is 16.0. The van der Waals surface area contributed by atoms with Crippen molar-refractivity contribution in [3.63, 3.8) is 0 Å². The molecule has 3 atom stereocenters. The first kappa shape index (κ1) is 35.5. The third kappa shape index (κ3) is 11.5.